The van der Waals surface area contributed by atoms with E-state index in [0.29, 0.717) is 6.07 Å². The Morgan fingerprint density at radius 1 is 1.08 bits per heavy atom. The quantitative estimate of drug-likeness (QED) is 0.523. The zero-order valence-electron chi connectivity index (χ0n) is 12.4. The standard InChI is InChI=1S/C16H12F2O6/c1-2-22-16(21)24-23-15(20)12-7-9(3-6-14(12)19)11-5-4-10(17)8-13(11)18/h3-8,19H,2H2,1H3. The predicted octanol–water partition coefficient (Wildman–Crippen LogP) is 3.58. The van der Waals surface area contributed by atoms with Gasteiger partial charge in [0.25, 0.3) is 0 Å². The van der Waals surface area contributed by atoms with Crippen LogP contribution in [-0.2, 0) is 14.5 Å². The molecule has 24 heavy (non-hydrogen) atoms. The lowest BCUT2D eigenvalue weighted by molar-refractivity contribution is -0.202. The molecule has 0 unspecified atom stereocenters. The second-order valence-corrected chi connectivity index (χ2v) is 4.49. The number of ether oxygens (including phenoxy) is 1. The molecule has 0 aliphatic carbocycles. The van der Waals surface area contributed by atoms with Gasteiger partial charge < -0.3 is 9.84 Å². The lowest BCUT2D eigenvalue weighted by Gasteiger charge is -2.08. The highest BCUT2D eigenvalue weighted by molar-refractivity contribution is 5.94. The maximum absolute atomic E-state index is 13.8. The van der Waals surface area contributed by atoms with Crippen LogP contribution in [-0.4, -0.2) is 23.8 Å². The van der Waals surface area contributed by atoms with Crippen LogP contribution in [0.15, 0.2) is 36.4 Å². The van der Waals surface area contributed by atoms with Crippen LogP contribution in [0, 0.1) is 11.6 Å². The van der Waals surface area contributed by atoms with E-state index in [1.54, 1.807) is 0 Å². The predicted molar refractivity (Wildman–Crippen MR) is 77.0 cm³/mol. The average molecular weight is 338 g/mol. The zero-order chi connectivity index (χ0) is 17.7. The Balaban J connectivity index is 2.25. The summed E-state index contributed by atoms with van der Waals surface area (Å²) in [5, 5.41) is 9.71. The van der Waals surface area contributed by atoms with Crippen molar-refractivity contribution in [1.82, 2.24) is 0 Å². The average Bonchev–Trinajstić information content (AvgIpc) is 2.54. The van der Waals surface area contributed by atoms with Gasteiger partial charge in [-0.1, -0.05) is 6.07 Å². The number of carbonyl (C=O) groups excluding carboxylic acids is 2. The number of rotatable bonds is 3. The van der Waals surface area contributed by atoms with Crippen molar-refractivity contribution < 1.29 is 38.0 Å². The van der Waals surface area contributed by atoms with Crippen LogP contribution in [0.5, 0.6) is 5.75 Å². The van der Waals surface area contributed by atoms with Crippen LogP contribution in [0.3, 0.4) is 0 Å². The third-order valence-electron chi connectivity index (χ3n) is 2.91. The van der Waals surface area contributed by atoms with Gasteiger partial charge in [-0.05, 0) is 36.8 Å². The monoisotopic (exact) mass is 338 g/mol. The molecule has 126 valence electrons. The maximum atomic E-state index is 13.8. The van der Waals surface area contributed by atoms with Crippen molar-refractivity contribution in [3.8, 4) is 16.9 Å². The third kappa shape index (κ3) is 3.97. The Morgan fingerprint density at radius 3 is 2.50 bits per heavy atom. The van der Waals surface area contributed by atoms with E-state index < -0.39 is 29.5 Å². The zero-order valence-corrected chi connectivity index (χ0v) is 12.4. The summed E-state index contributed by atoms with van der Waals surface area (Å²) in [5.74, 6) is -3.26. The fraction of sp³-hybridized carbons (Fsp3) is 0.125. The van der Waals surface area contributed by atoms with E-state index in [2.05, 4.69) is 14.5 Å². The smallest absolute Gasteiger partial charge is 0.507 e. The van der Waals surface area contributed by atoms with E-state index in [1.807, 2.05) is 0 Å². The normalized spacial score (nSPS) is 10.1. The first-order valence-corrected chi connectivity index (χ1v) is 6.76. The summed E-state index contributed by atoms with van der Waals surface area (Å²) in [6.07, 6.45) is -1.23. The first kappa shape index (κ1) is 17.2. The Kier molecular flexibility index (Phi) is 5.31. The summed E-state index contributed by atoms with van der Waals surface area (Å²) in [5.41, 5.74) is -0.175. The molecule has 0 spiro atoms. The molecule has 0 saturated heterocycles. The molecule has 2 rings (SSSR count). The number of hydrogen-bond donors (Lipinski definition) is 1. The minimum absolute atomic E-state index is 0.0109. The lowest BCUT2D eigenvalue weighted by Crippen LogP contribution is -2.13. The molecule has 0 bridgehead atoms. The molecule has 0 saturated carbocycles. The number of benzene rings is 2. The molecule has 6 nitrogen and oxygen atoms in total. The number of halogens is 2. The van der Waals surface area contributed by atoms with Crippen molar-refractivity contribution in [3.63, 3.8) is 0 Å². The van der Waals surface area contributed by atoms with Crippen molar-refractivity contribution >= 4 is 12.1 Å². The number of aromatic hydroxyl groups is 1. The topological polar surface area (TPSA) is 82.1 Å². The number of hydrogen-bond acceptors (Lipinski definition) is 6. The minimum atomic E-state index is -1.23. The van der Waals surface area contributed by atoms with Crippen molar-refractivity contribution in [2.24, 2.45) is 0 Å². The van der Waals surface area contributed by atoms with Crippen LogP contribution in [0.4, 0.5) is 13.6 Å². The van der Waals surface area contributed by atoms with Gasteiger partial charge in [-0.15, -0.1) is 0 Å². The number of carbonyl (C=O) groups is 2. The highest BCUT2D eigenvalue weighted by atomic mass is 19.1. The first-order chi connectivity index (χ1) is 11.4. The second-order valence-electron chi connectivity index (χ2n) is 4.49. The van der Waals surface area contributed by atoms with Crippen molar-refractivity contribution in [3.05, 3.63) is 53.6 Å². The van der Waals surface area contributed by atoms with Gasteiger partial charge in [-0.3, -0.25) is 0 Å². The summed E-state index contributed by atoms with van der Waals surface area (Å²) in [7, 11) is 0. The molecule has 0 fully saturated rings. The fourth-order valence-electron chi connectivity index (χ4n) is 1.85. The molecule has 0 aromatic heterocycles. The van der Waals surface area contributed by atoms with Gasteiger partial charge in [0.2, 0.25) is 0 Å². The van der Waals surface area contributed by atoms with Crippen LogP contribution in [0.25, 0.3) is 11.1 Å². The van der Waals surface area contributed by atoms with Crippen LogP contribution in [0.2, 0.25) is 0 Å². The van der Waals surface area contributed by atoms with E-state index in [4.69, 9.17) is 0 Å². The molecule has 0 aliphatic rings. The van der Waals surface area contributed by atoms with Crippen molar-refractivity contribution in [2.45, 2.75) is 6.92 Å². The molecule has 1 N–H and O–H groups in total. The van der Waals surface area contributed by atoms with Gasteiger partial charge in [0.15, 0.2) is 0 Å². The van der Waals surface area contributed by atoms with Gasteiger partial charge in [-0.2, -0.15) is 4.79 Å². The van der Waals surface area contributed by atoms with Crippen molar-refractivity contribution in [2.75, 3.05) is 6.61 Å². The van der Waals surface area contributed by atoms with E-state index in [1.165, 1.54) is 19.1 Å². The molecular formula is C16H12F2O6. The van der Waals surface area contributed by atoms with Gasteiger partial charge in [0.1, 0.15) is 22.9 Å². The number of phenolic OH excluding ortho intramolecular Hbond substituents is 1. The molecular weight excluding hydrogens is 326 g/mol. The van der Waals surface area contributed by atoms with E-state index >= 15 is 0 Å². The Bertz CT molecular complexity index is 775. The Morgan fingerprint density at radius 2 is 1.83 bits per heavy atom. The third-order valence-corrected chi connectivity index (χ3v) is 2.91. The first-order valence-electron chi connectivity index (χ1n) is 6.76. The molecule has 0 radical (unpaired) electrons. The van der Waals surface area contributed by atoms with Crippen LogP contribution in [0.1, 0.15) is 17.3 Å². The highest BCUT2D eigenvalue weighted by Gasteiger charge is 2.19. The summed E-state index contributed by atoms with van der Waals surface area (Å²) in [4.78, 5) is 31.1. The van der Waals surface area contributed by atoms with Crippen LogP contribution >= 0.6 is 0 Å². The molecule has 0 amide bonds. The molecule has 0 atom stereocenters. The largest absolute Gasteiger partial charge is 0.549 e. The fourth-order valence-corrected chi connectivity index (χ4v) is 1.85. The molecule has 8 heteroatoms. The minimum Gasteiger partial charge on any atom is -0.507 e. The summed E-state index contributed by atoms with van der Waals surface area (Å²) in [6, 6.07) is 6.48. The van der Waals surface area contributed by atoms with E-state index in [0.717, 1.165) is 18.2 Å². The Hall–Kier alpha value is -3.16. The second kappa shape index (κ2) is 7.40. The number of phenols is 1. The maximum Gasteiger partial charge on any atom is 0.549 e. The molecule has 2 aromatic carbocycles. The summed E-state index contributed by atoms with van der Waals surface area (Å²) < 4.78 is 31.2. The van der Waals surface area contributed by atoms with Crippen LogP contribution < -0.4 is 0 Å². The van der Waals surface area contributed by atoms with Gasteiger partial charge in [0.05, 0.1) is 6.61 Å². The van der Waals surface area contributed by atoms with Gasteiger partial charge in [0, 0.05) is 11.6 Å². The SMILES string of the molecule is CCOC(=O)OOC(=O)c1cc(-c2ccc(F)cc2F)ccc1O. The molecule has 2 aromatic rings. The van der Waals surface area contributed by atoms with Crippen molar-refractivity contribution in [1.29, 1.82) is 0 Å². The summed E-state index contributed by atoms with van der Waals surface area (Å²) >= 11 is 0. The van der Waals surface area contributed by atoms with E-state index in [9.17, 15) is 23.5 Å². The van der Waals surface area contributed by atoms with E-state index in [-0.39, 0.29) is 23.3 Å². The lowest BCUT2D eigenvalue weighted by atomic mass is 10.0. The molecule has 0 heterocycles. The van der Waals surface area contributed by atoms with Gasteiger partial charge in [-0.25, -0.2) is 23.4 Å². The summed E-state index contributed by atoms with van der Waals surface area (Å²) in [6.45, 7) is 1.54. The van der Waals surface area contributed by atoms with Gasteiger partial charge >= 0.3 is 12.1 Å². The highest BCUT2D eigenvalue weighted by Crippen LogP contribution is 2.28. The molecule has 0 aliphatic heterocycles. The Labute approximate surface area is 135 Å².